The molecule has 0 N–H and O–H groups in total. The van der Waals surface area contributed by atoms with Crippen LogP contribution in [0.5, 0.6) is 5.75 Å². The molecule has 4 atom stereocenters. The number of para-hydroxylation sites is 1. The molecule has 2 aromatic carbocycles. The zero-order chi connectivity index (χ0) is 27.8. The third-order valence-corrected chi connectivity index (χ3v) is 6.78. The largest absolute Gasteiger partial charge is 0.487 e. The summed E-state index contributed by atoms with van der Waals surface area (Å²) in [4.78, 5) is 35.6. The van der Waals surface area contributed by atoms with Crippen molar-refractivity contribution in [1.29, 1.82) is 0 Å². The van der Waals surface area contributed by atoms with E-state index in [0.29, 0.717) is 25.0 Å². The predicted molar refractivity (Wildman–Crippen MR) is 137 cm³/mol. The highest BCUT2D eigenvalue weighted by Crippen LogP contribution is 2.41. The van der Waals surface area contributed by atoms with Gasteiger partial charge in [-0.25, -0.2) is 4.79 Å². The lowest BCUT2D eigenvalue weighted by Crippen LogP contribution is -2.28. The van der Waals surface area contributed by atoms with Crippen LogP contribution in [0.25, 0.3) is 0 Å². The molecule has 0 saturated heterocycles. The number of fused-ring (bicyclic) bond motifs is 1. The van der Waals surface area contributed by atoms with Crippen molar-refractivity contribution in [2.45, 2.75) is 50.2 Å². The van der Waals surface area contributed by atoms with E-state index in [2.05, 4.69) is 0 Å². The average molecular weight is 542 g/mol. The van der Waals surface area contributed by atoms with E-state index < -0.39 is 41.5 Å². The lowest BCUT2D eigenvalue weighted by atomic mass is 9.89. The van der Waals surface area contributed by atoms with Crippen molar-refractivity contribution in [3.8, 4) is 5.75 Å². The van der Waals surface area contributed by atoms with Crippen molar-refractivity contribution in [2.24, 2.45) is 11.8 Å². The number of benzene rings is 2. The van der Waals surface area contributed by atoms with Gasteiger partial charge in [-0.1, -0.05) is 36.4 Å². The van der Waals surface area contributed by atoms with Crippen molar-refractivity contribution in [3.05, 3.63) is 94.6 Å². The average Bonchev–Trinajstić information content (AvgIpc) is 3.24. The second kappa shape index (κ2) is 12.6. The summed E-state index contributed by atoms with van der Waals surface area (Å²) in [5.41, 5.74) is -0.0998. The van der Waals surface area contributed by atoms with E-state index in [9.17, 15) is 28.5 Å². The molecule has 1 aliphatic carbocycles. The molecule has 1 aliphatic heterocycles. The molecule has 0 unspecified atom stereocenters. The van der Waals surface area contributed by atoms with Gasteiger partial charge in [0.1, 0.15) is 18.0 Å². The highest BCUT2D eigenvalue weighted by molar-refractivity contribution is 5.89. The molecule has 0 radical (unpaired) electrons. The van der Waals surface area contributed by atoms with E-state index >= 15 is 0 Å². The van der Waals surface area contributed by atoms with E-state index in [1.807, 2.05) is 12.2 Å². The Kier molecular flexibility index (Phi) is 9.06. The van der Waals surface area contributed by atoms with Crippen LogP contribution in [0.4, 0.5) is 14.5 Å². The zero-order valence-electron chi connectivity index (χ0n) is 21.1. The summed E-state index contributed by atoms with van der Waals surface area (Å²) in [6, 6.07) is 13.2. The van der Waals surface area contributed by atoms with Crippen molar-refractivity contribution in [1.82, 2.24) is 0 Å². The Hall–Kier alpha value is -4.08. The maximum atomic E-state index is 14.8. The maximum absolute atomic E-state index is 14.8. The molecule has 1 saturated carbocycles. The molecule has 0 amide bonds. The number of hydrogen-bond donors (Lipinski definition) is 0. The fourth-order valence-electron chi connectivity index (χ4n) is 4.81. The number of halogens is 2. The van der Waals surface area contributed by atoms with Crippen molar-refractivity contribution in [3.63, 3.8) is 0 Å². The van der Waals surface area contributed by atoms with Crippen LogP contribution < -0.4 is 4.74 Å². The first-order valence-corrected chi connectivity index (χ1v) is 12.8. The summed E-state index contributed by atoms with van der Waals surface area (Å²) in [7, 11) is 0. The Balaban J connectivity index is 1.54. The third kappa shape index (κ3) is 7.72. The van der Waals surface area contributed by atoms with E-state index in [-0.39, 0.29) is 36.0 Å². The number of esters is 2. The van der Waals surface area contributed by atoms with Crippen LogP contribution in [0.15, 0.2) is 78.9 Å². The number of nitro groups is 1. The SMILES string of the molecule is O=C1CCC/C=C\C[C@@H]2[C@@H](/C=C/C(F)(F)COc3ccccc3)[C@H](OC(=O)c3ccc([N+](=O)[O-])cc3)C[C@@H]2O1. The minimum absolute atomic E-state index is 0.0831. The molecule has 0 aromatic heterocycles. The highest BCUT2D eigenvalue weighted by atomic mass is 19.3. The Morgan fingerprint density at radius 3 is 2.59 bits per heavy atom. The van der Waals surface area contributed by atoms with Gasteiger partial charge in [0.25, 0.3) is 11.6 Å². The lowest BCUT2D eigenvalue weighted by Gasteiger charge is -2.24. The number of ether oxygens (including phenoxy) is 3. The summed E-state index contributed by atoms with van der Waals surface area (Å²) in [6.07, 6.45) is 6.64. The number of alkyl halides is 2. The van der Waals surface area contributed by atoms with Gasteiger partial charge in [-0.15, -0.1) is 0 Å². The molecule has 39 heavy (non-hydrogen) atoms. The van der Waals surface area contributed by atoms with Crippen LogP contribution in [0, 0.1) is 22.0 Å². The first-order valence-electron chi connectivity index (χ1n) is 12.8. The van der Waals surface area contributed by atoms with E-state index in [1.165, 1.54) is 30.3 Å². The number of hydrogen-bond acceptors (Lipinski definition) is 7. The molecule has 4 rings (SSSR count). The second-order valence-electron chi connectivity index (χ2n) is 9.57. The molecule has 8 nitrogen and oxygen atoms in total. The summed E-state index contributed by atoms with van der Waals surface area (Å²) in [6.45, 7) is -0.879. The van der Waals surface area contributed by atoms with Gasteiger partial charge in [-0.3, -0.25) is 14.9 Å². The molecule has 0 bridgehead atoms. The zero-order valence-corrected chi connectivity index (χ0v) is 21.1. The standard InChI is InChI=1S/C29H29F2NO7/c30-29(31,19-37-22-8-4-3-5-9-22)17-16-24-23-10-6-1-2-7-11-27(33)38-25(23)18-26(24)39-28(34)20-12-14-21(15-13-20)32(35)36/h1,3-6,8-9,12-17,23-26H,2,7,10-11,18-19H2/b6-1-,17-16+/t23-,24-,25+,26-/m1/s1. The first kappa shape index (κ1) is 27.9. The van der Waals surface area contributed by atoms with E-state index in [1.54, 1.807) is 30.3 Å². The van der Waals surface area contributed by atoms with Crippen LogP contribution in [0.2, 0.25) is 0 Å². The Morgan fingerprint density at radius 2 is 1.87 bits per heavy atom. The monoisotopic (exact) mass is 541 g/mol. The molecule has 1 heterocycles. The van der Waals surface area contributed by atoms with E-state index in [4.69, 9.17) is 14.2 Å². The number of nitrogens with zero attached hydrogens (tertiary/aromatic N) is 1. The lowest BCUT2D eigenvalue weighted by molar-refractivity contribution is -0.384. The smallest absolute Gasteiger partial charge is 0.338 e. The minimum Gasteiger partial charge on any atom is -0.487 e. The summed E-state index contributed by atoms with van der Waals surface area (Å²) in [5.74, 6) is -5.20. The molecular formula is C29H29F2NO7. The molecule has 2 aliphatic rings. The van der Waals surface area contributed by atoms with Crippen molar-refractivity contribution < 1.29 is 37.5 Å². The Morgan fingerprint density at radius 1 is 1.13 bits per heavy atom. The topological polar surface area (TPSA) is 105 Å². The molecule has 1 fully saturated rings. The molecule has 0 spiro atoms. The molecule has 10 heteroatoms. The van der Waals surface area contributed by atoms with Gasteiger partial charge in [0.2, 0.25) is 0 Å². The number of rotatable bonds is 8. The fraction of sp³-hybridized carbons (Fsp3) is 0.379. The minimum atomic E-state index is -3.32. The van der Waals surface area contributed by atoms with Gasteiger partial charge in [0.15, 0.2) is 6.61 Å². The third-order valence-electron chi connectivity index (χ3n) is 6.78. The summed E-state index contributed by atoms with van der Waals surface area (Å²) < 4.78 is 46.2. The van der Waals surface area contributed by atoms with Crippen LogP contribution in [-0.4, -0.2) is 41.6 Å². The normalized spacial score (nSPS) is 24.4. The number of carbonyl (C=O) groups is 2. The van der Waals surface area contributed by atoms with Gasteiger partial charge in [0, 0.05) is 36.8 Å². The highest BCUT2D eigenvalue weighted by Gasteiger charge is 2.46. The fourth-order valence-corrected chi connectivity index (χ4v) is 4.81. The van der Waals surface area contributed by atoms with Gasteiger partial charge in [-0.05, 0) is 49.6 Å². The molecular weight excluding hydrogens is 512 g/mol. The van der Waals surface area contributed by atoms with Crippen molar-refractivity contribution in [2.75, 3.05) is 6.61 Å². The van der Waals surface area contributed by atoms with Gasteiger partial charge >= 0.3 is 11.9 Å². The second-order valence-corrected chi connectivity index (χ2v) is 9.57. The van der Waals surface area contributed by atoms with E-state index in [0.717, 1.165) is 6.08 Å². The summed E-state index contributed by atoms with van der Waals surface area (Å²) >= 11 is 0. The first-order chi connectivity index (χ1) is 18.7. The van der Waals surface area contributed by atoms with Gasteiger partial charge in [-0.2, -0.15) is 8.78 Å². The van der Waals surface area contributed by atoms with Crippen LogP contribution in [0.3, 0.4) is 0 Å². The van der Waals surface area contributed by atoms with Crippen LogP contribution in [-0.2, 0) is 14.3 Å². The van der Waals surface area contributed by atoms with Crippen LogP contribution >= 0.6 is 0 Å². The predicted octanol–water partition coefficient (Wildman–Crippen LogP) is 6.07. The Bertz CT molecular complexity index is 1210. The number of non-ortho nitro benzene ring substituents is 1. The molecule has 2 aromatic rings. The molecule has 206 valence electrons. The Labute approximate surface area is 224 Å². The van der Waals surface area contributed by atoms with Gasteiger partial charge < -0.3 is 14.2 Å². The van der Waals surface area contributed by atoms with Crippen LogP contribution in [0.1, 0.15) is 42.5 Å². The summed E-state index contributed by atoms with van der Waals surface area (Å²) in [5, 5.41) is 10.9. The maximum Gasteiger partial charge on any atom is 0.338 e. The number of allylic oxidation sites excluding steroid dienone is 2. The van der Waals surface area contributed by atoms with Crippen molar-refractivity contribution >= 4 is 17.6 Å². The van der Waals surface area contributed by atoms with Gasteiger partial charge in [0.05, 0.1) is 10.5 Å². The quantitative estimate of drug-likeness (QED) is 0.173. The number of carbonyl (C=O) groups excluding carboxylic acids is 2. The number of nitro benzene ring substituents is 1.